The average molecular weight is 272 g/mol. The quantitative estimate of drug-likeness (QED) is 0.865. The van der Waals surface area contributed by atoms with Crippen LogP contribution in [0.15, 0.2) is 54.6 Å². The van der Waals surface area contributed by atoms with Gasteiger partial charge in [-0.25, -0.2) is 0 Å². The first kappa shape index (κ1) is 13.5. The second-order valence-corrected chi connectivity index (χ2v) is 4.50. The van der Waals surface area contributed by atoms with Crippen LogP contribution in [0.1, 0.15) is 21.5 Å². The molecule has 0 aliphatic rings. The van der Waals surface area contributed by atoms with Crippen molar-refractivity contribution in [2.24, 2.45) is 5.73 Å². The van der Waals surface area contributed by atoms with Gasteiger partial charge in [0.25, 0.3) is 0 Å². The Morgan fingerprint density at radius 1 is 1.16 bits per heavy atom. The summed E-state index contributed by atoms with van der Waals surface area (Å²) in [6.45, 7) is 0.432. The predicted octanol–water partition coefficient (Wildman–Crippen LogP) is 3.54. The molecule has 2 nitrogen and oxygen atoms in total. The zero-order chi connectivity index (χ0) is 13.7. The first-order valence-corrected chi connectivity index (χ1v) is 6.36. The minimum atomic E-state index is -0.0419. The lowest BCUT2D eigenvalue weighted by molar-refractivity contribution is 0.103. The van der Waals surface area contributed by atoms with Gasteiger partial charge in [-0.3, -0.25) is 4.79 Å². The number of hydrogen-bond donors (Lipinski definition) is 1. The van der Waals surface area contributed by atoms with Gasteiger partial charge in [-0.15, -0.1) is 0 Å². The van der Waals surface area contributed by atoms with Crippen LogP contribution in [0.2, 0.25) is 5.02 Å². The van der Waals surface area contributed by atoms with Gasteiger partial charge in [0.05, 0.1) is 0 Å². The van der Waals surface area contributed by atoms with Gasteiger partial charge in [0.1, 0.15) is 0 Å². The number of halogens is 1. The molecule has 0 aliphatic carbocycles. The number of rotatable bonds is 4. The maximum Gasteiger partial charge on any atom is 0.193 e. The SMILES string of the molecule is NCC=Cc1ccc(Cl)cc1C(=O)c1ccccc1. The van der Waals surface area contributed by atoms with Crippen molar-refractivity contribution in [3.05, 3.63) is 76.3 Å². The second kappa shape index (κ2) is 6.32. The van der Waals surface area contributed by atoms with Gasteiger partial charge in [-0.05, 0) is 17.7 Å². The standard InChI is InChI=1S/C16H14ClNO/c17-14-9-8-12(7-4-10-18)15(11-14)16(19)13-5-2-1-3-6-13/h1-9,11H,10,18H2. The predicted molar refractivity (Wildman–Crippen MR) is 79.4 cm³/mol. The highest BCUT2D eigenvalue weighted by Crippen LogP contribution is 2.20. The number of carbonyl (C=O) groups excluding carboxylic acids is 1. The van der Waals surface area contributed by atoms with E-state index >= 15 is 0 Å². The summed E-state index contributed by atoms with van der Waals surface area (Å²) < 4.78 is 0. The molecule has 2 rings (SSSR count). The van der Waals surface area contributed by atoms with E-state index in [9.17, 15) is 4.79 Å². The van der Waals surface area contributed by atoms with Crippen LogP contribution in [0.4, 0.5) is 0 Å². The molecule has 2 aromatic carbocycles. The van der Waals surface area contributed by atoms with Crippen LogP contribution in [0, 0.1) is 0 Å². The van der Waals surface area contributed by atoms with E-state index in [1.807, 2.05) is 36.4 Å². The fraction of sp³-hybridized carbons (Fsp3) is 0.0625. The molecule has 0 spiro atoms. The lowest BCUT2D eigenvalue weighted by atomic mass is 9.98. The van der Waals surface area contributed by atoms with Crippen molar-refractivity contribution in [3.8, 4) is 0 Å². The van der Waals surface area contributed by atoms with Crippen LogP contribution in [0.25, 0.3) is 6.08 Å². The van der Waals surface area contributed by atoms with Gasteiger partial charge in [-0.1, -0.05) is 60.2 Å². The molecule has 0 saturated carbocycles. The fourth-order valence-electron chi connectivity index (χ4n) is 1.81. The molecule has 0 fully saturated rings. The van der Waals surface area contributed by atoms with Crippen LogP contribution in [0.3, 0.4) is 0 Å². The van der Waals surface area contributed by atoms with E-state index in [0.29, 0.717) is 22.7 Å². The summed E-state index contributed by atoms with van der Waals surface area (Å²) >= 11 is 5.98. The topological polar surface area (TPSA) is 43.1 Å². The lowest BCUT2D eigenvalue weighted by Crippen LogP contribution is -2.03. The first-order valence-electron chi connectivity index (χ1n) is 5.98. The Hall–Kier alpha value is -1.90. The molecule has 0 bridgehead atoms. The molecule has 0 aromatic heterocycles. The smallest absolute Gasteiger partial charge is 0.193 e. The fourth-order valence-corrected chi connectivity index (χ4v) is 1.98. The summed E-state index contributed by atoms with van der Waals surface area (Å²) in [5.74, 6) is -0.0419. The molecule has 0 radical (unpaired) electrons. The van der Waals surface area contributed by atoms with Crippen LogP contribution < -0.4 is 5.73 Å². The van der Waals surface area contributed by atoms with E-state index in [4.69, 9.17) is 17.3 Å². The van der Waals surface area contributed by atoms with Gasteiger partial charge in [0.15, 0.2) is 5.78 Å². The first-order chi connectivity index (χ1) is 9.22. The summed E-state index contributed by atoms with van der Waals surface area (Å²) in [5.41, 5.74) is 7.50. The number of nitrogens with two attached hydrogens (primary N) is 1. The van der Waals surface area contributed by atoms with Gasteiger partial charge < -0.3 is 5.73 Å². The Kier molecular flexibility index (Phi) is 4.50. The highest BCUT2D eigenvalue weighted by molar-refractivity contribution is 6.31. The summed E-state index contributed by atoms with van der Waals surface area (Å²) in [6.07, 6.45) is 3.65. The summed E-state index contributed by atoms with van der Waals surface area (Å²) in [4.78, 5) is 12.5. The maximum atomic E-state index is 12.5. The number of carbonyl (C=O) groups is 1. The molecule has 2 aromatic rings. The highest BCUT2D eigenvalue weighted by Gasteiger charge is 2.12. The van der Waals surface area contributed by atoms with Crippen LogP contribution in [-0.2, 0) is 0 Å². The lowest BCUT2D eigenvalue weighted by Gasteiger charge is -2.06. The molecule has 19 heavy (non-hydrogen) atoms. The van der Waals surface area contributed by atoms with E-state index in [-0.39, 0.29) is 5.78 Å². The van der Waals surface area contributed by atoms with E-state index in [1.54, 1.807) is 24.3 Å². The molecule has 0 unspecified atom stereocenters. The average Bonchev–Trinajstić information content (AvgIpc) is 2.46. The zero-order valence-corrected chi connectivity index (χ0v) is 11.1. The van der Waals surface area contributed by atoms with Crippen LogP contribution in [0.5, 0.6) is 0 Å². The van der Waals surface area contributed by atoms with Crippen molar-refractivity contribution in [2.45, 2.75) is 0 Å². The van der Waals surface area contributed by atoms with Crippen molar-refractivity contribution in [3.63, 3.8) is 0 Å². The Labute approximate surface area is 117 Å². The molecule has 96 valence electrons. The van der Waals surface area contributed by atoms with Crippen molar-refractivity contribution >= 4 is 23.5 Å². The number of benzene rings is 2. The normalized spacial score (nSPS) is 10.8. The Bertz CT molecular complexity index is 605. The summed E-state index contributed by atoms with van der Waals surface area (Å²) in [5, 5.41) is 0.546. The molecule has 0 aliphatic heterocycles. The molecule has 2 N–H and O–H groups in total. The zero-order valence-electron chi connectivity index (χ0n) is 10.3. The van der Waals surface area contributed by atoms with Gasteiger partial charge in [-0.2, -0.15) is 0 Å². The molecular weight excluding hydrogens is 258 g/mol. The third-order valence-electron chi connectivity index (χ3n) is 2.73. The van der Waals surface area contributed by atoms with Gasteiger partial charge >= 0.3 is 0 Å². The molecule has 0 saturated heterocycles. The highest BCUT2D eigenvalue weighted by atomic mass is 35.5. The largest absolute Gasteiger partial charge is 0.327 e. The summed E-state index contributed by atoms with van der Waals surface area (Å²) in [7, 11) is 0. The van der Waals surface area contributed by atoms with E-state index in [1.165, 1.54) is 0 Å². The minimum Gasteiger partial charge on any atom is -0.327 e. The monoisotopic (exact) mass is 271 g/mol. The Morgan fingerprint density at radius 3 is 2.58 bits per heavy atom. The van der Waals surface area contributed by atoms with Gasteiger partial charge in [0, 0.05) is 22.7 Å². The molecular formula is C16H14ClNO. The number of hydrogen-bond acceptors (Lipinski definition) is 2. The van der Waals surface area contributed by atoms with Crippen molar-refractivity contribution < 1.29 is 4.79 Å². The molecule has 0 heterocycles. The third kappa shape index (κ3) is 3.31. The van der Waals surface area contributed by atoms with Crippen molar-refractivity contribution in [1.29, 1.82) is 0 Å². The van der Waals surface area contributed by atoms with Crippen LogP contribution in [-0.4, -0.2) is 12.3 Å². The number of ketones is 1. The van der Waals surface area contributed by atoms with E-state index in [0.717, 1.165) is 5.56 Å². The summed E-state index contributed by atoms with van der Waals surface area (Å²) in [6, 6.07) is 14.4. The Morgan fingerprint density at radius 2 is 1.89 bits per heavy atom. The molecule has 0 amide bonds. The van der Waals surface area contributed by atoms with Gasteiger partial charge in [0.2, 0.25) is 0 Å². The van der Waals surface area contributed by atoms with E-state index < -0.39 is 0 Å². The molecule has 3 heteroatoms. The van der Waals surface area contributed by atoms with Crippen LogP contribution >= 0.6 is 11.6 Å². The Balaban J connectivity index is 2.46. The van der Waals surface area contributed by atoms with E-state index in [2.05, 4.69) is 0 Å². The minimum absolute atomic E-state index is 0.0419. The third-order valence-corrected chi connectivity index (χ3v) is 2.96. The molecule has 0 atom stereocenters. The van der Waals surface area contributed by atoms with Crippen molar-refractivity contribution in [2.75, 3.05) is 6.54 Å². The maximum absolute atomic E-state index is 12.5. The second-order valence-electron chi connectivity index (χ2n) is 4.06. The van der Waals surface area contributed by atoms with Crippen molar-refractivity contribution in [1.82, 2.24) is 0 Å².